The maximum Gasteiger partial charge on any atom is 0.261 e. The van der Waals surface area contributed by atoms with Gasteiger partial charge >= 0.3 is 0 Å². The van der Waals surface area contributed by atoms with Crippen molar-refractivity contribution in [2.24, 2.45) is 5.92 Å². The van der Waals surface area contributed by atoms with E-state index in [1.807, 2.05) is 39.0 Å². The van der Waals surface area contributed by atoms with Crippen molar-refractivity contribution in [2.45, 2.75) is 45.6 Å². The molecule has 3 rings (SSSR count). The average Bonchev–Trinajstić information content (AvgIpc) is 2.77. The summed E-state index contributed by atoms with van der Waals surface area (Å²) in [5, 5.41) is 5.70. The Kier molecular flexibility index (Phi) is 8.30. The Morgan fingerprint density at radius 3 is 2.31 bits per heavy atom. The molecule has 2 amide bonds. The van der Waals surface area contributed by atoms with Crippen LogP contribution in [0.15, 0.2) is 71.6 Å². The monoisotopic (exact) mass is 493 g/mol. The van der Waals surface area contributed by atoms with Gasteiger partial charge in [0.05, 0.1) is 4.90 Å². The van der Waals surface area contributed by atoms with Crippen LogP contribution in [0.25, 0.3) is 0 Å². The molecule has 0 unspecified atom stereocenters. The summed E-state index contributed by atoms with van der Waals surface area (Å²) in [6.45, 7) is 7.81. The molecular weight excluding hydrogens is 462 g/mol. The van der Waals surface area contributed by atoms with Crippen molar-refractivity contribution < 1.29 is 18.0 Å². The molecule has 0 fully saturated rings. The van der Waals surface area contributed by atoms with Gasteiger partial charge in [-0.2, -0.15) is 0 Å². The molecule has 0 aliphatic rings. The summed E-state index contributed by atoms with van der Waals surface area (Å²) in [5.74, 6) is -0.189. The minimum absolute atomic E-state index is 0.00428. The van der Waals surface area contributed by atoms with Crippen molar-refractivity contribution in [1.82, 2.24) is 5.32 Å². The zero-order chi connectivity index (χ0) is 25.6. The maximum absolute atomic E-state index is 12.9. The first-order valence-electron chi connectivity index (χ1n) is 11.4. The van der Waals surface area contributed by atoms with Gasteiger partial charge in [0.15, 0.2) is 0 Å². The zero-order valence-corrected chi connectivity index (χ0v) is 21.2. The van der Waals surface area contributed by atoms with Gasteiger partial charge in [-0.3, -0.25) is 14.3 Å². The Bertz CT molecular complexity index is 1330. The van der Waals surface area contributed by atoms with Crippen LogP contribution >= 0.6 is 0 Å². The molecule has 0 saturated heterocycles. The Labute approximate surface area is 207 Å². The van der Waals surface area contributed by atoms with Crippen LogP contribution in [-0.4, -0.2) is 20.2 Å². The maximum atomic E-state index is 12.9. The van der Waals surface area contributed by atoms with Gasteiger partial charge in [0.1, 0.15) is 0 Å². The molecule has 3 aromatic rings. The molecule has 0 atom stereocenters. The van der Waals surface area contributed by atoms with Gasteiger partial charge in [-0.05, 0) is 72.9 Å². The third-order valence-corrected chi connectivity index (χ3v) is 6.67. The van der Waals surface area contributed by atoms with E-state index in [-0.39, 0.29) is 34.7 Å². The fourth-order valence-electron chi connectivity index (χ4n) is 3.55. The molecule has 0 aromatic heterocycles. The van der Waals surface area contributed by atoms with E-state index in [9.17, 15) is 18.0 Å². The minimum atomic E-state index is -3.87. The quantitative estimate of drug-likeness (QED) is 0.389. The van der Waals surface area contributed by atoms with Crippen molar-refractivity contribution in [3.63, 3.8) is 0 Å². The molecule has 0 radical (unpaired) electrons. The SMILES string of the molecule is Cc1cccc(NS(=O)(=O)c2ccc(C)c(C(=O)NCc3cccc(NC(=O)CC(C)C)c3)c2)c1. The molecule has 7 nitrogen and oxygen atoms in total. The number of hydrogen-bond donors (Lipinski definition) is 3. The van der Waals surface area contributed by atoms with E-state index in [1.165, 1.54) is 12.1 Å². The summed E-state index contributed by atoms with van der Waals surface area (Å²) in [7, 11) is -3.87. The number of amides is 2. The summed E-state index contributed by atoms with van der Waals surface area (Å²) < 4.78 is 28.3. The van der Waals surface area contributed by atoms with E-state index in [2.05, 4.69) is 15.4 Å². The van der Waals surface area contributed by atoms with Crippen molar-refractivity contribution in [3.05, 3.63) is 89.0 Å². The predicted octanol–water partition coefficient (Wildman–Crippen LogP) is 5.02. The van der Waals surface area contributed by atoms with E-state index in [1.54, 1.807) is 43.3 Å². The Morgan fingerprint density at radius 1 is 0.886 bits per heavy atom. The number of carbonyl (C=O) groups is 2. The van der Waals surface area contributed by atoms with Gasteiger partial charge < -0.3 is 10.6 Å². The molecule has 0 saturated carbocycles. The highest BCUT2D eigenvalue weighted by Crippen LogP contribution is 2.20. The van der Waals surface area contributed by atoms with Crippen LogP contribution in [0, 0.1) is 19.8 Å². The third-order valence-electron chi connectivity index (χ3n) is 5.29. The average molecular weight is 494 g/mol. The standard InChI is InChI=1S/C27H31N3O4S/c1-18(2)13-26(31)29-22-9-6-8-21(15-22)17-28-27(32)25-16-24(12-11-20(25)4)35(33,34)30-23-10-5-7-19(3)14-23/h5-12,14-16,18,30H,13,17H2,1-4H3,(H,28,32)(H,29,31). The first kappa shape index (κ1) is 26.0. The Balaban J connectivity index is 1.71. The van der Waals surface area contributed by atoms with Crippen LogP contribution in [0.3, 0.4) is 0 Å². The van der Waals surface area contributed by atoms with Crippen LogP contribution in [-0.2, 0) is 21.4 Å². The second kappa shape index (κ2) is 11.2. The number of anilines is 2. The third kappa shape index (κ3) is 7.42. The molecule has 0 bridgehead atoms. The first-order valence-corrected chi connectivity index (χ1v) is 12.9. The van der Waals surface area contributed by atoms with Crippen molar-refractivity contribution in [2.75, 3.05) is 10.0 Å². The normalized spacial score (nSPS) is 11.2. The molecule has 0 aliphatic heterocycles. The lowest BCUT2D eigenvalue weighted by molar-refractivity contribution is -0.116. The van der Waals surface area contributed by atoms with Crippen LogP contribution in [0.2, 0.25) is 0 Å². The molecule has 184 valence electrons. The number of aryl methyl sites for hydroxylation is 2. The molecule has 0 spiro atoms. The predicted molar refractivity (Wildman–Crippen MR) is 139 cm³/mol. The second-order valence-electron chi connectivity index (χ2n) is 8.98. The molecular formula is C27H31N3O4S. The van der Waals surface area contributed by atoms with E-state index < -0.39 is 10.0 Å². The largest absolute Gasteiger partial charge is 0.348 e. The lowest BCUT2D eigenvalue weighted by Crippen LogP contribution is -2.24. The number of hydrogen-bond acceptors (Lipinski definition) is 4. The second-order valence-corrected chi connectivity index (χ2v) is 10.7. The van der Waals surface area contributed by atoms with Gasteiger partial charge in [-0.1, -0.05) is 44.2 Å². The summed E-state index contributed by atoms with van der Waals surface area (Å²) in [6.07, 6.45) is 0.429. The summed E-state index contributed by atoms with van der Waals surface area (Å²) >= 11 is 0. The van der Waals surface area contributed by atoms with Gasteiger partial charge in [0, 0.05) is 29.9 Å². The molecule has 0 heterocycles. The molecule has 3 aromatic carbocycles. The fraction of sp³-hybridized carbons (Fsp3) is 0.259. The minimum Gasteiger partial charge on any atom is -0.348 e. The highest BCUT2D eigenvalue weighted by molar-refractivity contribution is 7.92. The molecule has 8 heteroatoms. The molecule has 0 aliphatic carbocycles. The summed E-state index contributed by atoms with van der Waals surface area (Å²) in [6, 6.07) is 18.8. The van der Waals surface area contributed by atoms with Gasteiger partial charge in [-0.25, -0.2) is 8.42 Å². The zero-order valence-electron chi connectivity index (χ0n) is 20.4. The van der Waals surface area contributed by atoms with E-state index in [4.69, 9.17) is 0 Å². The van der Waals surface area contributed by atoms with E-state index in [0.29, 0.717) is 23.4 Å². The van der Waals surface area contributed by atoms with Crippen LogP contribution in [0.4, 0.5) is 11.4 Å². The number of rotatable bonds is 9. The molecule has 3 N–H and O–H groups in total. The highest BCUT2D eigenvalue weighted by Gasteiger charge is 2.18. The Morgan fingerprint density at radius 2 is 1.60 bits per heavy atom. The highest BCUT2D eigenvalue weighted by atomic mass is 32.2. The van der Waals surface area contributed by atoms with E-state index in [0.717, 1.165) is 11.1 Å². The van der Waals surface area contributed by atoms with Crippen LogP contribution < -0.4 is 15.4 Å². The lowest BCUT2D eigenvalue weighted by atomic mass is 10.1. The van der Waals surface area contributed by atoms with Crippen molar-refractivity contribution >= 4 is 33.2 Å². The van der Waals surface area contributed by atoms with E-state index >= 15 is 0 Å². The van der Waals surface area contributed by atoms with Crippen LogP contribution in [0.5, 0.6) is 0 Å². The molecule has 35 heavy (non-hydrogen) atoms. The first-order chi connectivity index (χ1) is 16.5. The number of sulfonamides is 1. The lowest BCUT2D eigenvalue weighted by Gasteiger charge is -2.13. The smallest absolute Gasteiger partial charge is 0.261 e. The van der Waals surface area contributed by atoms with Crippen LogP contribution in [0.1, 0.15) is 47.3 Å². The fourth-order valence-corrected chi connectivity index (χ4v) is 4.63. The van der Waals surface area contributed by atoms with Crippen molar-refractivity contribution in [1.29, 1.82) is 0 Å². The number of nitrogens with one attached hydrogen (secondary N) is 3. The topological polar surface area (TPSA) is 104 Å². The number of benzene rings is 3. The summed E-state index contributed by atoms with van der Waals surface area (Å²) in [4.78, 5) is 24.9. The van der Waals surface area contributed by atoms with Crippen molar-refractivity contribution in [3.8, 4) is 0 Å². The van der Waals surface area contributed by atoms with Gasteiger partial charge in [0.25, 0.3) is 15.9 Å². The Hall–Kier alpha value is -3.65. The van der Waals surface area contributed by atoms with Gasteiger partial charge in [0.2, 0.25) is 5.91 Å². The van der Waals surface area contributed by atoms with Gasteiger partial charge in [-0.15, -0.1) is 0 Å². The number of carbonyl (C=O) groups excluding carboxylic acids is 2. The summed E-state index contributed by atoms with van der Waals surface area (Å²) in [5.41, 5.74) is 3.79.